The maximum Gasteiger partial charge on any atom is 0.119 e. The van der Waals surface area contributed by atoms with Gasteiger partial charge in [-0.2, -0.15) is 0 Å². The highest BCUT2D eigenvalue weighted by atomic mass is 16.5. The Kier molecular flexibility index (Phi) is 4.03. The lowest BCUT2D eigenvalue weighted by molar-refractivity contribution is 0.340. The molecule has 0 saturated heterocycles. The predicted octanol–water partition coefficient (Wildman–Crippen LogP) is 4.88. The molecule has 2 aromatic carbocycles. The van der Waals surface area contributed by atoms with Crippen molar-refractivity contribution in [2.24, 2.45) is 0 Å². The third kappa shape index (κ3) is 2.73. The van der Waals surface area contributed by atoms with Gasteiger partial charge in [0.1, 0.15) is 5.75 Å². The van der Waals surface area contributed by atoms with Crippen LogP contribution < -0.4 is 4.74 Å². The minimum absolute atomic E-state index is 0.535. The summed E-state index contributed by atoms with van der Waals surface area (Å²) in [5.41, 5.74) is 3.96. The van der Waals surface area contributed by atoms with E-state index in [2.05, 4.69) is 50.2 Å². The molecule has 2 aromatic rings. The van der Waals surface area contributed by atoms with Crippen LogP contribution in [-0.2, 0) is 0 Å². The first-order chi connectivity index (χ1) is 8.72. The van der Waals surface area contributed by atoms with Gasteiger partial charge >= 0.3 is 0 Å². The van der Waals surface area contributed by atoms with Gasteiger partial charge in [-0.05, 0) is 41.7 Å². The highest BCUT2D eigenvalue weighted by Gasteiger charge is 2.07. The molecule has 0 unspecified atom stereocenters. The van der Waals surface area contributed by atoms with Crippen LogP contribution in [0.3, 0.4) is 0 Å². The standard InChI is InChI=1S/C17H20O/c1-4-18-15-11-9-14(10-12-15)17-8-6-5-7-16(17)13(2)3/h5-13H,4H2,1-3H3. The summed E-state index contributed by atoms with van der Waals surface area (Å²) in [7, 11) is 0. The van der Waals surface area contributed by atoms with Gasteiger partial charge in [0.05, 0.1) is 6.61 Å². The molecule has 0 N–H and O–H groups in total. The summed E-state index contributed by atoms with van der Waals surface area (Å²) >= 11 is 0. The Hall–Kier alpha value is -1.76. The quantitative estimate of drug-likeness (QED) is 0.740. The van der Waals surface area contributed by atoms with E-state index in [-0.39, 0.29) is 0 Å². The van der Waals surface area contributed by atoms with Crippen molar-refractivity contribution in [1.29, 1.82) is 0 Å². The van der Waals surface area contributed by atoms with Crippen molar-refractivity contribution < 1.29 is 4.74 Å². The van der Waals surface area contributed by atoms with E-state index in [9.17, 15) is 0 Å². The minimum Gasteiger partial charge on any atom is -0.494 e. The van der Waals surface area contributed by atoms with Gasteiger partial charge in [-0.3, -0.25) is 0 Å². The fourth-order valence-corrected chi connectivity index (χ4v) is 2.16. The predicted molar refractivity (Wildman–Crippen MR) is 77.1 cm³/mol. The lowest BCUT2D eigenvalue weighted by Crippen LogP contribution is -1.93. The third-order valence-electron chi connectivity index (χ3n) is 3.06. The van der Waals surface area contributed by atoms with E-state index in [1.54, 1.807) is 0 Å². The van der Waals surface area contributed by atoms with Crippen LogP contribution in [0.5, 0.6) is 5.75 Å². The zero-order chi connectivity index (χ0) is 13.0. The summed E-state index contributed by atoms with van der Waals surface area (Å²) in [6.07, 6.45) is 0. The first-order valence-electron chi connectivity index (χ1n) is 6.54. The number of hydrogen-bond donors (Lipinski definition) is 0. The maximum absolute atomic E-state index is 5.47. The summed E-state index contributed by atoms with van der Waals surface area (Å²) < 4.78 is 5.47. The molecule has 0 aliphatic heterocycles. The molecule has 0 spiro atoms. The minimum atomic E-state index is 0.535. The maximum atomic E-state index is 5.47. The van der Waals surface area contributed by atoms with Crippen molar-refractivity contribution in [2.75, 3.05) is 6.61 Å². The molecular formula is C17H20O. The van der Waals surface area contributed by atoms with Crippen LogP contribution in [0.4, 0.5) is 0 Å². The zero-order valence-corrected chi connectivity index (χ0v) is 11.3. The first-order valence-corrected chi connectivity index (χ1v) is 6.54. The second-order valence-electron chi connectivity index (χ2n) is 4.70. The van der Waals surface area contributed by atoms with Gasteiger partial charge < -0.3 is 4.74 Å². The van der Waals surface area contributed by atoms with E-state index in [0.29, 0.717) is 12.5 Å². The largest absolute Gasteiger partial charge is 0.494 e. The van der Waals surface area contributed by atoms with Crippen LogP contribution in [0.15, 0.2) is 48.5 Å². The SMILES string of the molecule is CCOc1ccc(-c2ccccc2C(C)C)cc1. The molecule has 0 heterocycles. The van der Waals surface area contributed by atoms with Gasteiger partial charge in [0, 0.05) is 0 Å². The van der Waals surface area contributed by atoms with Crippen LogP contribution in [-0.4, -0.2) is 6.61 Å². The Morgan fingerprint density at radius 3 is 2.22 bits per heavy atom. The Bertz CT molecular complexity index is 497. The molecule has 18 heavy (non-hydrogen) atoms. The summed E-state index contributed by atoms with van der Waals surface area (Å²) in [6, 6.07) is 16.9. The lowest BCUT2D eigenvalue weighted by Gasteiger charge is -2.13. The molecule has 0 bridgehead atoms. The summed E-state index contributed by atoms with van der Waals surface area (Å²) in [5.74, 6) is 1.47. The second-order valence-corrected chi connectivity index (χ2v) is 4.70. The van der Waals surface area contributed by atoms with Gasteiger partial charge in [-0.1, -0.05) is 50.2 Å². The van der Waals surface area contributed by atoms with E-state index in [1.165, 1.54) is 16.7 Å². The zero-order valence-electron chi connectivity index (χ0n) is 11.3. The van der Waals surface area contributed by atoms with Gasteiger partial charge in [-0.25, -0.2) is 0 Å². The van der Waals surface area contributed by atoms with Crippen LogP contribution in [0, 0.1) is 0 Å². The summed E-state index contributed by atoms with van der Waals surface area (Å²) in [6.45, 7) is 7.17. The number of ether oxygens (including phenoxy) is 1. The van der Waals surface area contributed by atoms with Gasteiger partial charge in [0.2, 0.25) is 0 Å². The molecule has 0 saturated carbocycles. The third-order valence-corrected chi connectivity index (χ3v) is 3.06. The monoisotopic (exact) mass is 240 g/mol. The molecule has 0 aliphatic rings. The van der Waals surface area contributed by atoms with E-state index in [1.807, 2.05) is 19.1 Å². The number of benzene rings is 2. The Morgan fingerprint density at radius 2 is 1.61 bits per heavy atom. The first kappa shape index (κ1) is 12.7. The van der Waals surface area contributed by atoms with Crippen molar-refractivity contribution in [1.82, 2.24) is 0 Å². The fraction of sp³-hybridized carbons (Fsp3) is 0.294. The van der Waals surface area contributed by atoms with E-state index in [0.717, 1.165) is 5.75 Å². The van der Waals surface area contributed by atoms with Crippen molar-refractivity contribution in [3.05, 3.63) is 54.1 Å². The molecular weight excluding hydrogens is 220 g/mol. The number of hydrogen-bond acceptors (Lipinski definition) is 1. The van der Waals surface area contributed by atoms with Crippen LogP contribution in [0.25, 0.3) is 11.1 Å². The normalized spacial score (nSPS) is 10.7. The van der Waals surface area contributed by atoms with Crippen LogP contribution in [0.1, 0.15) is 32.3 Å². The molecule has 0 amide bonds. The Morgan fingerprint density at radius 1 is 0.944 bits per heavy atom. The highest BCUT2D eigenvalue weighted by molar-refractivity contribution is 5.68. The molecule has 94 valence electrons. The average Bonchev–Trinajstić information content (AvgIpc) is 2.40. The topological polar surface area (TPSA) is 9.23 Å². The summed E-state index contributed by atoms with van der Waals surface area (Å²) in [5, 5.41) is 0. The van der Waals surface area contributed by atoms with Crippen molar-refractivity contribution in [3.63, 3.8) is 0 Å². The molecule has 1 heteroatoms. The van der Waals surface area contributed by atoms with E-state index >= 15 is 0 Å². The lowest BCUT2D eigenvalue weighted by atomic mass is 9.93. The molecule has 1 nitrogen and oxygen atoms in total. The van der Waals surface area contributed by atoms with Crippen LogP contribution in [0.2, 0.25) is 0 Å². The van der Waals surface area contributed by atoms with E-state index < -0.39 is 0 Å². The molecule has 0 aliphatic carbocycles. The van der Waals surface area contributed by atoms with Gasteiger partial charge in [0.15, 0.2) is 0 Å². The molecule has 0 fully saturated rings. The summed E-state index contributed by atoms with van der Waals surface area (Å²) in [4.78, 5) is 0. The van der Waals surface area contributed by atoms with Crippen LogP contribution >= 0.6 is 0 Å². The highest BCUT2D eigenvalue weighted by Crippen LogP contribution is 2.30. The molecule has 0 radical (unpaired) electrons. The molecule has 0 aromatic heterocycles. The average molecular weight is 240 g/mol. The van der Waals surface area contributed by atoms with Gasteiger partial charge in [0.25, 0.3) is 0 Å². The van der Waals surface area contributed by atoms with E-state index in [4.69, 9.17) is 4.74 Å². The van der Waals surface area contributed by atoms with Crippen molar-refractivity contribution >= 4 is 0 Å². The van der Waals surface area contributed by atoms with Gasteiger partial charge in [-0.15, -0.1) is 0 Å². The molecule has 2 rings (SSSR count). The smallest absolute Gasteiger partial charge is 0.119 e. The fourth-order valence-electron chi connectivity index (χ4n) is 2.16. The Balaban J connectivity index is 2.36. The Labute approximate surface area is 109 Å². The second kappa shape index (κ2) is 5.72. The van der Waals surface area contributed by atoms with Crippen molar-refractivity contribution in [2.45, 2.75) is 26.7 Å². The number of rotatable bonds is 4. The molecule has 0 atom stereocenters. The van der Waals surface area contributed by atoms with Crippen molar-refractivity contribution in [3.8, 4) is 16.9 Å².